The van der Waals surface area contributed by atoms with Crippen LogP contribution in [-0.2, 0) is 0 Å². The third-order valence-electron chi connectivity index (χ3n) is 1.55. The molecule has 1 aromatic carbocycles. The third-order valence-corrected chi connectivity index (χ3v) is 1.55. The quantitative estimate of drug-likeness (QED) is 0.516. The topological polar surface area (TPSA) is 81.5 Å². The maximum absolute atomic E-state index is 10.2. The predicted octanol–water partition coefficient (Wildman–Crippen LogP) is 1.89. The zero-order valence-corrected chi connectivity index (χ0v) is 6.45. The molecule has 0 fully saturated rings. The molecule has 12 heavy (non-hydrogen) atoms. The number of nitrogens with two attached hydrogens (primary N) is 2. The first-order valence-electron chi connectivity index (χ1n) is 3.34. The standard InChI is InChI=1S/C8H9N3O/c1-2-5-3-6(11-12)4-7(9)8(5)10/h2-4H,1,9-10H2. The van der Waals surface area contributed by atoms with Crippen LogP contribution in [0.2, 0.25) is 0 Å². The number of rotatable bonds is 2. The molecule has 4 N–H and O–H groups in total. The number of hydrogen-bond acceptors (Lipinski definition) is 4. The molecule has 1 aromatic rings. The number of anilines is 2. The van der Waals surface area contributed by atoms with Crippen LogP contribution < -0.4 is 11.5 Å². The van der Waals surface area contributed by atoms with Crippen LogP contribution in [-0.4, -0.2) is 0 Å². The van der Waals surface area contributed by atoms with E-state index < -0.39 is 0 Å². The second-order valence-corrected chi connectivity index (χ2v) is 2.33. The van der Waals surface area contributed by atoms with E-state index in [2.05, 4.69) is 11.8 Å². The SMILES string of the molecule is C=Cc1cc(N=O)cc(N)c1N. The van der Waals surface area contributed by atoms with Crippen molar-refractivity contribution in [2.45, 2.75) is 0 Å². The molecule has 0 bridgehead atoms. The van der Waals surface area contributed by atoms with E-state index in [-0.39, 0.29) is 5.69 Å². The molecule has 1 rings (SSSR count). The summed E-state index contributed by atoms with van der Waals surface area (Å²) in [6.07, 6.45) is 1.53. The molecule has 0 aliphatic carbocycles. The largest absolute Gasteiger partial charge is 0.397 e. The molecule has 0 unspecified atom stereocenters. The Balaban J connectivity index is 3.37. The smallest absolute Gasteiger partial charge is 0.110 e. The molecular formula is C8H9N3O. The average molecular weight is 163 g/mol. The van der Waals surface area contributed by atoms with Gasteiger partial charge in [-0.1, -0.05) is 12.7 Å². The summed E-state index contributed by atoms with van der Waals surface area (Å²) >= 11 is 0. The molecule has 0 heterocycles. The van der Waals surface area contributed by atoms with Crippen molar-refractivity contribution in [3.8, 4) is 0 Å². The molecule has 0 aliphatic heterocycles. The van der Waals surface area contributed by atoms with Gasteiger partial charge in [-0.05, 0) is 17.3 Å². The number of nitrogens with zero attached hydrogens (tertiary/aromatic N) is 1. The van der Waals surface area contributed by atoms with Crippen molar-refractivity contribution in [3.63, 3.8) is 0 Å². The number of nitrogen functional groups attached to an aromatic ring is 2. The van der Waals surface area contributed by atoms with Gasteiger partial charge in [0.05, 0.1) is 11.4 Å². The van der Waals surface area contributed by atoms with E-state index in [0.29, 0.717) is 16.9 Å². The fraction of sp³-hybridized carbons (Fsp3) is 0. The van der Waals surface area contributed by atoms with Gasteiger partial charge in [0.2, 0.25) is 0 Å². The minimum atomic E-state index is 0.261. The Labute approximate surface area is 69.8 Å². The van der Waals surface area contributed by atoms with Gasteiger partial charge in [-0.15, -0.1) is 4.91 Å². The maximum atomic E-state index is 10.2. The first-order chi connectivity index (χ1) is 5.69. The lowest BCUT2D eigenvalue weighted by Gasteiger charge is -2.03. The summed E-state index contributed by atoms with van der Waals surface area (Å²) in [5, 5.41) is 2.75. The van der Waals surface area contributed by atoms with E-state index in [1.807, 2.05) is 0 Å². The molecule has 0 atom stereocenters. The van der Waals surface area contributed by atoms with Gasteiger partial charge in [0.25, 0.3) is 0 Å². The van der Waals surface area contributed by atoms with Crippen molar-refractivity contribution in [1.82, 2.24) is 0 Å². The molecule has 0 saturated heterocycles. The van der Waals surface area contributed by atoms with Crippen molar-refractivity contribution >= 4 is 23.1 Å². The molecule has 62 valence electrons. The third kappa shape index (κ3) is 1.27. The van der Waals surface area contributed by atoms with Crippen molar-refractivity contribution in [3.05, 3.63) is 29.2 Å². The van der Waals surface area contributed by atoms with Gasteiger partial charge in [0, 0.05) is 5.56 Å². The normalized spacial score (nSPS) is 9.33. The van der Waals surface area contributed by atoms with E-state index in [1.165, 1.54) is 18.2 Å². The number of nitroso groups, excluding NO2 is 1. The van der Waals surface area contributed by atoms with Gasteiger partial charge in [0.1, 0.15) is 5.69 Å². The first kappa shape index (κ1) is 8.26. The summed E-state index contributed by atoms with van der Waals surface area (Å²) in [5.74, 6) is 0. The maximum Gasteiger partial charge on any atom is 0.110 e. The lowest BCUT2D eigenvalue weighted by atomic mass is 10.1. The van der Waals surface area contributed by atoms with Crippen molar-refractivity contribution in [1.29, 1.82) is 0 Å². The van der Waals surface area contributed by atoms with E-state index in [0.717, 1.165) is 0 Å². The summed E-state index contributed by atoms with van der Waals surface area (Å²) < 4.78 is 0. The molecule has 0 aliphatic rings. The zero-order valence-electron chi connectivity index (χ0n) is 6.45. The number of benzene rings is 1. The van der Waals surface area contributed by atoms with Crippen LogP contribution in [0.15, 0.2) is 23.9 Å². The van der Waals surface area contributed by atoms with E-state index >= 15 is 0 Å². The molecule has 0 aromatic heterocycles. The van der Waals surface area contributed by atoms with Gasteiger partial charge in [0.15, 0.2) is 0 Å². The van der Waals surface area contributed by atoms with Crippen LogP contribution in [0.5, 0.6) is 0 Å². The van der Waals surface area contributed by atoms with Gasteiger partial charge in [-0.25, -0.2) is 0 Å². The Bertz CT molecular complexity index is 333. The highest BCUT2D eigenvalue weighted by Crippen LogP contribution is 2.27. The van der Waals surface area contributed by atoms with Crippen molar-refractivity contribution in [2.75, 3.05) is 11.5 Å². The molecule has 4 nitrogen and oxygen atoms in total. The lowest BCUT2D eigenvalue weighted by Crippen LogP contribution is -1.96. The van der Waals surface area contributed by atoms with Crippen molar-refractivity contribution < 1.29 is 0 Å². The molecule has 4 heteroatoms. The van der Waals surface area contributed by atoms with Crippen LogP contribution in [0.1, 0.15) is 5.56 Å². The van der Waals surface area contributed by atoms with Crippen LogP contribution >= 0.6 is 0 Å². The predicted molar refractivity (Wildman–Crippen MR) is 50.8 cm³/mol. The summed E-state index contributed by atoms with van der Waals surface area (Å²) in [7, 11) is 0. The van der Waals surface area contributed by atoms with Gasteiger partial charge in [-0.3, -0.25) is 0 Å². The van der Waals surface area contributed by atoms with E-state index in [9.17, 15) is 4.91 Å². The van der Waals surface area contributed by atoms with Crippen LogP contribution in [0.25, 0.3) is 6.08 Å². The Morgan fingerprint density at radius 3 is 2.58 bits per heavy atom. The van der Waals surface area contributed by atoms with Crippen LogP contribution in [0.3, 0.4) is 0 Å². The Hall–Kier alpha value is -1.84. The monoisotopic (exact) mass is 163 g/mol. The Kier molecular flexibility index (Phi) is 2.09. The number of hydrogen-bond donors (Lipinski definition) is 2. The summed E-state index contributed by atoms with van der Waals surface area (Å²) in [4.78, 5) is 10.2. The molecule has 0 saturated carbocycles. The zero-order chi connectivity index (χ0) is 9.14. The summed E-state index contributed by atoms with van der Waals surface area (Å²) in [6, 6.07) is 2.96. The average Bonchev–Trinajstić information content (AvgIpc) is 2.09. The highest BCUT2D eigenvalue weighted by molar-refractivity contribution is 5.79. The molecule has 0 radical (unpaired) electrons. The van der Waals surface area contributed by atoms with E-state index in [1.54, 1.807) is 0 Å². The van der Waals surface area contributed by atoms with Crippen LogP contribution in [0.4, 0.5) is 17.1 Å². The molecular weight excluding hydrogens is 154 g/mol. The highest BCUT2D eigenvalue weighted by atomic mass is 16.3. The van der Waals surface area contributed by atoms with Crippen LogP contribution in [0, 0.1) is 4.91 Å². The summed E-state index contributed by atoms with van der Waals surface area (Å²) in [5.41, 5.74) is 12.7. The second kappa shape index (κ2) is 3.04. The Morgan fingerprint density at radius 1 is 1.42 bits per heavy atom. The lowest BCUT2D eigenvalue weighted by molar-refractivity contribution is 1.49. The van der Waals surface area contributed by atoms with Gasteiger partial charge in [-0.2, -0.15) is 0 Å². The highest BCUT2D eigenvalue weighted by Gasteiger charge is 2.02. The second-order valence-electron chi connectivity index (χ2n) is 2.33. The molecule has 0 spiro atoms. The van der Waals surface area contributed by atoms with Crippen molar-refractivity contribution in [2.24, 2.45) is 5.18 Å². The minimum absolute atomic E-state index is 0.261. The first-order valence-corrected chi connectivity index (χ1v) is 3.34. The van der Waals surface area contributed by atoms with E-state index in [4.69, 9.17) is 11.5 Å². The van der Waals surface area contributed by atoms with Gasteiger partial charge < -0.3 is 11.5 Å². The Morgan fingerprint density at radius 2 is 2.08 bits per heavy atom. The van der Waals surface area contributed by atoms with Gasteiger partial charge >= 0.3 is 0 Å². The fourth-order valence-corrected chi connectivity index (χ4v) is 0.904. The minimum Gasteiger partial charge on any atom is -0.397 e. The molecule has 0 amide bonds. The summed E-state index contributed by atoms with van der Waals surface area (Å²) in [6.45, 7) is 3.53. The fourth-order valence-electron chi connectivity index (χ4n) is 0.904.